The second-order valence-corrected chi connectivity index (χ2v) is 3.34. The first kappa shape index (κ1) is 8.93. The summed E-state index contributed by atoms with van der Waals surface area (Å²) in [6.45, 7) is 1.77. The Morgan fingerprint density at radius 2 is 2.38 bits per heavy atom. The normalized spacial score (nSPS) is 43.2. The first-order valence-corrected chi connectivity index (χ1v) is 4.29. The lowest BCUT2D eigenvalue weighted by Crippen LogP contribution is -2.46. The van der Waals surface area contributed by atoms with E-state index in [1.54, 1.807) is 0 Å². The van der Waals surface area contributed by atoms with Crippen LogP contribution in [0.5, 0.6) is 0 Å². The van der Waals surface area contributed by atoms with Crippen LogP contribution in [0.4, 0.5) is 0 Å². The number of hydrogen-bond acceptors (Lipinski definition) is 5. The minimum absolute atomic E-state index is 0.0493. The summed E-state index contributed by atoms with van der Waals surface area (Å²) in [5.74, 6) is -0.429. The molecule has 4 atom stereocenters. The zero-order chi connectivity index (χ0) is 9.42. The molecule has 1 N–H and O–H groups in total. The van der Waals surface area contributed by atoms with Crippen molar-refractivity contribution >= 4 is 5.97 Å². The molecule has 5 heteroatoms. The van der Waals surface area contributed by atoms with Gasteiger partial charge in [0.15, 0.2) is 12.4 Å². The van der Waals surface area contributed by atoms with Gasteiger partial charge in [-0.05, 0) is 0 Å². The summed E-state index contributed by atoms with van der Waals surface area (Å²) in [5.41, 5.74) is 0. The highest BCUT2D eigenvalue weighted by Crippen LogP contribution is 2.29. The van der Waals surface area contributed by atoms with Gasteiger partial charge in [-0.1, -0.05) is 0 Å². The Balaban J connectivity index is 2.03. The average molecular weight is 188 g/mol. The van der Waals surface area contributed by atoms with Gasteiger partial charge in [-0.15, -0.1) is 0 Å². The minimum atomic E-state index is -0.671. The van der Waals surface area contributed by atoms with E-state index in [0.717, 1.165) is 0 Å². The Kier molecular flexibility index (Phi) is 2.23. The van der Waals surface area contributed by atoms with E-state index < -0.39 is 24.5 Å². The summed E-state index contributed by atoms with van der Waals surface area (Å²) in [4.78, 5) is 10.7. The molecule has 0 spiro atoms. The van der Waals surface area contributed by atoms with Crippen LogP contribution in [-0.4, -0.2) is 42.3 Å². The number of esters is 1. The number of aliphatic hydroxyl groups excluding tert-OH is 1. The molecule has 74 valence electrons. The summed E-state index contributed by atoms with van der Waals surface area (Å²) in [6.07, 6.45) is -1.51. The summed E-state index contributed by atoms with van der Waals surface area (Å²) in [5, 5.41) is 9.56. The molecule has 2 aliphatic heterocycles. The lowest BCUT2D eigenvalue weighted by Gasteiger charge is -2.30. The zero-order valence-corrected chi connectivity index (χ0v) is 7.30. The highest BCUT2D eigenvalue weighted by atomic mass is 16.7. The first-order valence-electron chi connectivity index (χ1n) is 4.29. The van der Waals surface area contributed by atoms with Crippen molar-refractivity contribution < 1.29 is 24.1 Å². The van der Waals surface area contributed by atoms with E-state index in [1.165, 1.54) is 6.92 Å². The number of rotatable bonds is 1. The van der Waals surface area contributed by atoms with Crippen LogP contribution in [0.2, 0.25) is 0 Å². The Hall–Kier alpha value is -0.650. The Labute approximate surface area is 75.6 Å². The van der Waals surface area contributed by atoms with Gasteiger partial charge in [-0.25, -0.2) is 0 Å². The van der Waals surface area contributed by atoms with Crippen molar-refractivity contribution in [3.63, 3.8) is 0 Å². The average Bonchev–Trinajstić information content (AvgIpc) is 2.42. The molecule has 2 rings (SSSR count). The van der Waals surface area contributed by atoms with E-state index >= 15 is 0 Å². The second-order valence-electron chi connectivity index (χ2n) is 3.34. The molecule has 0 aromatic rings. The zero-order valence-electron chi connectivity index (χ0n) is 7.30. The fraction of sp³-hybridized carbons (Fsp3) is 0.875. The van der Waals surface area contributed by atoms with Gasteiger partial charge in [-0.3, -0.25) is 4.79 Å². The largest absolute Gasteiger partial charge is 0.454 e. The Morgan fingerprint density at radius 3 is 3.08 bits per heavy atom. The van der Waals surface area contributed by atoms with Crippen LogP contribution in [0.25, 0.3) is 0 Å². The topological polar surface area (TPSA) is 65.0 Å². The third-order valence-electron chi connectivity index (χ3n) is 2.23. The van der Waals surface area contributed by atoms with Crippen LogP contribution in [0.3, 0.4) is 0 Å². The van der Waals surface area contributed by atoms with Gasteiger partial charge in [-0.2, -0.15) is 0 Å². The minimum Gasteiger partial charge on any atom is -0.454 e. The van der Waals surface area contributed by atoms with Crippen molar-refractivity contribution in [2.45, 2.75) is 37.9 Å². The van der Waals surface area contributed by atoms with Crippen molar-refractivity contribution in [1.29, 1.82) is 0 Å². The maximum absolute atomic E-state index is 10.7. The predicted molar refractivity (Wildman–Crippen MR) is 40.8 cm³/mol. The number of ether oxygens (including phenoxy) is 3. The van der Waals surface area contributed by atoms with Crippen LogP contribution < -0.4 is 0 Å². The smallest absolute Gasteiger partial charge is 0.303 e. The molecule has 0 aromatic heterocycles. The molecule has 2 aliphatic rings. The number of aliphatic hydroxyl groups is 1. The van der Waals surface area contributed by atoms with Crippen molar-refractivity contribution in [1.82, 2.24) is 0 Å². The van der Waals surface area contributed by atoms with Crippen LogP contribution in [-0.2, 0) is 19.0 Å². The van der Waals surface area contributed by atoms with Crippen LogP contribution in [0.1, 0.15) is 13.3 Å². The van der Waals surface area contributed by atoms with E-state index in [2.05, 4.69) is 0 Å². The van der Waals surface area contributed by atoms with Gasteiger partial charge in [0.05, 0.1) is 18.8 Å². The van der Waals surface area contributed by atoms with E-state index in [4.69, 9.17) is 14.2 Å². The number of carbonyl (C=O) groups is 1. The standard InChI is InChI=1S/C8H12O5/c1-4(9)12-7-6(10)2-5-3-11-8(7)13-5/h5-8,10H,2-3H2,1H3/t5-,6-,7-,8+/m0/s1. The summed E-state index contributed by atoms with van der Waals surface area (Å²) in [6, 6.07) is 0. The predicted octanol–water partition coefficient (Wildman–Crippen LogP) is -0.576. The maximum atomic E-state index is 10.7. The second kappa shape index (κ2) is 3.25. The molecule has 2 saturated heterocycles. The monoisotopic (exact) mass is 188 g/mol. The molecule has 2 bridgehead atoms. The van der Waals surface area contributed by atoms with Crippen molar-refractivity contribution in [3.8, 4) is 0 Å². The molecule has 0 amide bonds. The third-order valence-corrected chi connectivity index (χ3v) is 2.23. The molecular weight excluding hydrogens is 176 g/mol. The highest BCUT2D eigenvalue weighted by Gasteiger charge is 2.45. The number of carbonyl (C=O) groups excluding carboxylic acids is 1. The van der Waals surface area contributed by atoms with E-state index in [9.17, 15) is 9.90 Å². The number of fused-ring (bicyclic) bond motifs is 2. The van der Waals surface area contributed by atoms with Crippen molar-refractivity contribution in [2.75, 3.05) is 6.61 Å². The lowest BCUT2D eigenvalue weighted by molar-refractivity contribution is -0.212. The van der Waals surface area contributed by atoms with E-state index in [-0.39, 0.29) is 6.10 Å². The summed E-state index contributed by atoms with van der Waals surface area (Å²) in [7, 11) is 0. The van der Waals surface area contributed by atoms with Crippen LogP contribution in [0.15, 0.2) is 0 Å². The highest BCUT2D eigenvalue weighted by molar-refractivity contribution is 5.66. The molecule has 2 heterocycles. The van der Waals surface area contributed by atoms with Gasteiger partial charge in [0.25, 0.3) is 0 Å². The first-order chi connectivity index (χ1) is 6.16. The molecule has 0 unspecified atom stereocenters. The molecule has 2 fully saturated rings. The molecule has 13 heavy (non-hydrogen) atoms. The molecule has 0 saturated carbocycles. The maximum Gasteiger partial charge on any atom is 0.303 e. The Morgan fingerprint density at radius 1 is 1.62 bits per heavy atom. The van der Waals surface area contributed by atoms with Gasteiger partial charge in [0, 0.05) is 13.3 Å². The fourth-order valence-electron chi connectivity index (χ4n) is 1.68. The lowest BCUT2D eigenvalue weighted by atomic mass is 10.0. The van der Waals surface area contributed by atoms with Gasteiger partial charge in [0.2, 0.25) is 0 Å². The Bertz CT molecular complexity index is 217. The van der Waals surface area contributed by atoms with E-state index in [1.807, 2.05) is 0 Å². The van der Waals surface area contributed by atoms with E-state index in [0.29, 0.717) is 13.0 Å². The van der Waals surface area contributed by atoms with Crippen LogP contribution >= 0.6 is 0 Å². The molecule has 0 aromatic carbocycles. The molecule has 5 nitrogen and oxygen atoms in total. The molecule has 0 aliphatic carbocycles. The van der Waals surface area contributed by atoms with Crippen molar-refractivity contribution in [3.05, 3.63) is 0 Å². The van der Waals surface area contributed by atoms with Gasteiger partial charge in [0.1, 0.15) is 0 Å². The summed E-state index contributed by atoms with van der Waals surface area (Å²) >= 11 is 0. The van der Waals surface area contributed by atoms with Gasteiger partial charge >= 0.3 is 5.97 Å². The van der Waals surface area contributed by atoms with Crippen LogP contribution in [0, 0.1) is 0 Å². The van der Waals surface area contributed by atoms with Crippen molar-refractivity contribution in [2.24, 2.45) is 0 Å². The molecular formula is C8H12O5. The quantitative estimate of drug-likeness (QED) is 0.558. The summed E-state index contributed by atoms with van der Waals surface area (Å²) < 4.78 is 15.4. The fourth-order valence-corrected chi connectivity index (χ4v) is 1.68. The number of hydrogen-bond donors (Lipinski definition) is 1. The third kappa shape index (κ3) is 1.67. The van der Waals surface area contributed by atoms with Gasteiger partial charge < -0.3 is 19.3 Å². The SMILES string of the molecule is CC(=O)O[C@@H]1[C@@H]2OC[C@H](C[C@@H]1O)O2. The molecule has 0 radical (unpaired) electrons.